The van der Waals surface area contributed by atoms with Crippen LogP contribution >= 0.6 is 0 Å². The number of benzene rings is 1. The zero-order chi connectivity index (χ0) is 13.0. The summed E-state index contributed by atoms with van der Waals surface area (Å²) < 4.78 is 5.85. The minimum atomic E-state index is 0.437. The molecule has 0 radical (unpaired) electrons. The number of hydrogen-bond acceptors (Lipinski definition) is 3. The van der Waals surface area contributed by atoms with Crippen LogP contribution in [0, 0.1) is 0 Å². The average Bonchev–Trinajstić information content (AvgIpc) is 2.38. The van der Waals surface area contributed by atoms with E-state index in [0.717, 1.165) is 11.3 Å². The third kappa shape index (κ3) is 2.80. The Hall–Kier alpha value is -2.03. The van der Waals surface area contributed by atoms with Crippen molar-refractivity contribution >= 4 is 5.82 Å². The number of anilines is 1. The summed E-state index contributed by atoms with van der Waals surface area (Å²) in [4.78, 5) is 4.05. The van der Waals surface area contributed by atoms with Crippen LogP contribution in [0.1, 0.15) is 30.9 Å². The Labute approximate surface area is 108 Å². The fraction of sp³-hybridized carbons (Fsp3) is 0.267. The quantitative estimate of drug-likeness (QED) is 0.894. The van der Waals surface area contributed by atoms with Gasteiger partial charge in [0, 0.05) is 11.8 Å². The van der Waals surface area contributed by atoms with Gasteiger partial charge in [0.15, 0.2) is 0 Å². The van der Waals surface area contributed by atoms with E-state index in [1.165, 1.54) is 5.56 Å². The minimum absolute atomic E-state index is 0.437. The molecule has 3 nitrogen and oxygen atoms in total. The van der Waals surface area contributed by atoms with E-state index in [0.29, 0.717) is 18.3 Å². The van der Waals surface area contributed by atoms with Crippen LogP contribution in [0.25, 0.3) is 0 Å². The molecule has 94 valence electrons. The molecule has 0 fully saturated rings. The highest BCUT2D eigenvalue weighted by atomic mass is 16.5. The monoisotopic (exact) mass is 242 g/mol. The van der Waals surface area contributed by atoms with Gasteiger partial charge in [0.1, 0.15) is 18.2 Å². The highest BCUT2D eigenvalue weighted by molar-refractivity contribution is 5.39. The maximum atomic E-state index is 5.85. The number of pyridine rings is 1. The van der Waals surface area contributed by atoms with Crippen molar-refractivity contribution < 1.29 is 4.74 Å². The van der Waals surface area contributed by atoms with Gasteiger partial charge in [0.25, 0.3) is 0 Å². The van der Waals surface area contributed by atoms with Gasteiger partial charge >= 0.3 is 0 Å². The van der Waals surface area contributed by atoms with E-state index in [1.807, 2.05) is 30.3 Å². The first-order valence-electron chi connectivity index (χ1n) is 6.09. The SMILES string of the molecule is CC(C)c1ccccc1OCc1cccnc1N. The van der Waals surface area contributed by atoms with Crippen LogP contribution in [-0.2, 0) is 6.61 Å². The summed E-state index contributed by atoms with van der Waals surface area (Å²) in [7, 11) is 0. The first-order chi connectivity index (χ1) is 8.68. The second-order valence-electron chi connectivity index (χ2n) is 4.53. The van der Waals surface area contributed by atoms with Crippen molar-refractivity contribution in [1.82, 2.24) is 4.98 Å². The van der Waals surface area contributed by atoms with Crippen molar-refractivity contribution in [2.24, 2.45) is 0 Å². The maximum Gasteiger partial charge on any atom is 0.129 e. The predicted octanol–water partition coefficient (Wildman–Crippen LogP) is 3.37. The molecule has 1 heterocycles. The van der Waals surface area contributed by atoms with Gasteiger partial charge in [-0.25, -0.2) is 4.98 Å². The summed E-state index contributed by atoms with van der Waals surface area (Å²) in [5.74, 6) is 1.88. The number of para-hydroxylation sites is 1. The molecule has 3 heteroatoms. The van der Waals surface area contributed by atoms with Gasteiger partial charge in [0.2, 0.25) is 0 Å². The second kappa shape index (κ2) is 5.54. The molecule has 2 aromatic rings. The molecule has 0 spiro atoms. The van der Waals surface area contributed by atoms with Crippen LogP contribution < -0.4 is 10.5 Å². The number of hydrogen-bond donors (Lipinski definition) is 1. The van der Waals surface area contributed by atoms with Crippen LogP contribution in [0.2, 0.25) is 0 Å². The molecule has 1 aromatic heterocycles. The number of nitrogens with two attached hydrogens (primary N) is 1. The Morgan fingerprint density at radius 1 is 1.17 bits per heavy atom. The lowest BCUT2D eigenvalue weighted by atomic mass is 10.0. The maximum absolute atomic E-state index is 5.85. The van der Waals surface area contributed by atoms with Gasteiger partial charge in [-0.2, -0.15) is 0 Å². The molecule has 0 unspecified atom stereocenters. The molecular formula is C15H18N2O. The first kappa shape index (κ1) is 12.4. The molecule has 2 N–H and O–H groups in total. The van der Waals surface area contributed by atoms with Crippen molar-refractivity contribution in [2.75, 3.05) is 5.73 Å². The van der Waals surface area contributed by atoms with Gasteiger partial charge in [-0.3, -0.25) is 0 Å². The average molecular weight is 242 g/mol. The lowest BCUT2D eigenvalue weighted by molar-refractivity contribution is 0.302. The Kier molecular flexibility index (Phi) is 3.82. The zero-order valence-electron chi connectivity index (χ0n) is 10.8. The summed E-state index contributed by atoms with van der Waals surface area (Å²) in [6, 6.07) is 11.9. The van der Waals surface area contributed by atoms with Crippen LogP contribution in [0.4, 0.5) is 5.82 Å². The Morgan fingerprint density at radius 3 is 2.67 bits per heavy atom. The molecular weight excluding hydrogens is 224 g/mol. The molecule has 0 saturated heterocycles. The van der Waals surface area contributed by atoms with Crippen LogP contribution in [0.3, 0.4) is 0 Å². The molecule has 0 aliphatic carbocycles. The van der Waals surface area contributed by atoms with E-state index in [2.05, 4.69) is 24.9 Å². The number of nitrogen functional groups attached to an aromatic ring is 1. The largest absolute Gasteiger partial charge is 0.488 e. The van der Waals surface area contributed by atoms with Crippen molar-refractivity contribution in [2.45, 2.75) is 26.4 Å². The molecule has 0 aliphatic heterocycles. The van der Waals surface area contributed by atoms with Crippen molar-refractivity contribution in [3.05, 3.63) is 53.7 Å². The fourth-order valence-corrected chi connectivity index (χ4v) is 1.82. The highest BCUT2D eigenvalue weighted by Crippen LogP contribution is 2.26. The van der Waals surface area contributed by atoms with Crippen molar-refractivity contribution in [3.8, 4) is 5.75 Å². The zero-order valence-corrected chi connectivity index (χ0v) is 10.8. The Balaban J connectivity index is 2.14. The van der Waals surface area contributed by atoms with Crippen LogP contribution in [0.15, 0.2) is 42.6 Å². The minimum Gasteiger partial charge on any atom is -0.488 e. The summed E-state index contributed by atoms with van der Waals surface area (Å²) in [5, 5.41) is 0. The van der Waals surface area contributed by atoms with E-state index in [-0.39, 0.29) is 0 Å². The Morgan fingerprint density at radius 2 is 1.94 bits per heavy atom. The molecule has 0 aliphatic rings. The third-order valence-corrected chi connectivity index (χ3v) is 2.85. The van der Waals surface area contributed by atoms with Gasteiger partial charge in [-0.05, 0) is 23.6 Å². The van der Waals surface area contributed by atoms with Gasteiger partial charge in [-0.15, -0.1) is 0 Å². The van der Waals surface area contributed by atoms with Crippen molar-refractivity contribution in [1.29, 1.82) is 0 Å². The summed E-state index contributed by atoms with van der Waals surface area (Å²) >= 11 is 0. The second-order valence-corrected chi connectivity index (χ2v) is 4.53. The summed E-state index contributed by atoms with van der Waals surface area (Å²) in [6.45, 7) is 4.75. The third-order valence-electron chi connectivity index (χ3n) is 2.85. The topological polar surface area (TPSA) is 48.1 Å². The van der Waals surface area contributed by atoms with E-state index < -0.39 is 0 Å². The fourth-order valence-electron chi connectivity index (χ4n) is 1.82. The van der Waals surface area contributed by atoms with Crippen LogP contribution in [0.5, 0.6) is 5.75 Å². The molecule has 0 amide bonds. The molecule has 1 aromatic carbocycles. The number of rotatable bonds is 4. The van der Waals surface area contributed by atoms with Gasteiger partial charge in [-0.1, -0.05) is 38.1 Å². The lowest BCUT2D eigenvalue weighted by Gasteiger charge is -2.14. The molecule has 0 saturated carbocycles. The number of aromatic nitrogens is 1. The van der Waals surface area contributed by atoms with E-state index in [9.17, 15) is 0 Å². The van der Waals surface area contributed by atoms with E-state index >= 15 is 0 Å². The number of ether oxygens (including phenoxy) is 1. The molecule has 0 bridgehead atoms. The van der Waals surface area contributed by atoms with E-state index in [4.69, 9.17) is 10.5 Å². The normalized spacial score (nSPS) is 10.6. The standard InChI is InChI=1S/C15H18N2O/c1-11(2)13-7-3-4-8-14(13)18-10-12-6-5-9-17-15(12)16/h3-9,11H,10H2,1-2H3,(H2,16,17). The Bertz CT molecular complexity index is 523. The molecule has 0 atom stereocenters. The summed E-state index contributed by atoms with van der Waals surface area (Å²) in [5.41, 5.74) is 7.91. The number of nitrogens with zero attached hydrogens (tertiary/aromatic N) is 1. The smallest absolute Gasteiger partial charge is 0.129 e. The van der Waals surface area contributed by atoms with Crippen LogP contribution in [-0.4, -0.2) is 4.98 Å². The molecule has 18 heavy (non-hydrogen) atoms. The predicted molar refractivity (Wildman–Crippen MR) is 73.5 cm³/mol. The van der Waals surface area contributed by atoms with Gasteiger partial charge in [0.05, 0.1) is 0 Å². The van der Waals surface area contributed by atoms with E-state index in [1.54, 1.807) is 6.20 Å². The highest BCUT2D eigenvalue weighted by Gasteiger charge is 2.07. The first-order valence-corrected chi connectivity index (χ1v) is 6.09. The van der Waals surface area contributed by atoms with Crippen molar-refractivity contribution in [3.63, 3.8) is 0 Å². The lowest BCUT2D eigenvalue weighted by Crippen LogP contribution is -2.03. The summed E-state index contributed by atoms with van der Waals surface area (Å²) in [6.07, 6.45) is 1.68. The molecule has 2 rings (SSSR count). The van der Waals surface area contributed by atoms with Gasteiger partial charge < -0.3 is 10.5 Å².